The molecule has 0 aliphatic heterocycles. The number of benzene rings is 2. The van der Waals surface area contributed by atoms with Crippen molar-refractivity contribution < 1.29 is 9.13 Å². The molecule has 0 aromatic heterocycles. The molecule has 0 bridgehead atoms. The predicted octanol–water partition coefficient (Wildman–Crippen LogP) is 4.27. The maximum Gasteiger partial charge on any atom is 0.167 e. The fourth-order valence-electron chi connectivity index (χ4n) is 2.19. The van der Waals surface area contributed by atoms with Crippen LogP contribution in [0.15, 0.2) is 48.5 Å². The molecule has 2 rings (SSSR count). The van der Waals surface area contributed by atoms with Crippen molar-refractivity contribution in [3.63, 3.8) is 0 Å². The monoisotopic (exact) mass is 273 g/mol. The van der Waals surface area contributed by atoms with E-state index in [1.54, 1.807) is 6.07 Å². The summed E-state index contributed by atoms with van der Waals surface area (Å²) in [6, 6.07) is 15.6. The highest BCUT2D eigenvalue weighted by Gasteiger charge is 2.09. The highest BCUT2D eigenvalue weighted by atomic mass is 19.1. The van der Waals surface area contributed by atoms with Crippen molar-refractivity contribution in [3.8, 4) is 5.75 Å². The lowest BCUT2D eigenvalue weighted by atomic mass is 10.0. The average molecular weight is 273 g/mol. The molecule has 0 saturated carbocycles. The topological polar surface area (TPSA) is 21.3 Å². The number of hydrogen-bond donors (Lipinski definition) is 1. The molecular weight excluding hydrogens is 253 g/mol. The van der Waals surface area contributed by atoms with Crippen molar-refractivity contribution in [3.05, 3.63) is 59.9 Å². The number of anilines is 1. The largest absolute Gasteiger partial charge is 0.494 e. The van der Waals surface area contributed by atoms with E-state index in [1.807, 2.05) is 24.3 Å². The van der Waals surface area contributed by atoms with Gasteiger partial charge in [0.2, 0.25) is 0 Å². The standard InChI is InChI=1S/C17H20FNO/c1-3-14(11-13-7-5-4-6-8-13)19-15-9-10-17(20-2)16(18)12-15/h4-10,12,14,19H,3,11H2,1-2H3. The Morgan fingerprint density at radius 2 is 1.90 bits per heavy atom. The molecule has 0 spiro atoms. The lowest BCUT2D eigenvalue weighted by Gasteiger charge is -2.19. The van der Waals surface area contributed by atoms with Gasteiger partial charge in [-0.1, -0.05) is 37.3 Å². The van der Waals surface area contributed by atoms with Gasteiger partial charge in [0.1, 0.15) is 0 Å². The van der Waals surface area contributed by atoms with Crippen LogP contribution in [-0.4, -0.2) is 13.2 Å². The highest BCUT2D eigenvalue weighted by molar-refractivity contribution is 5.48. The minimum absolute atomic E-state index is 0.270. The molecule has 0 aliphatic rings. The van der Waals surface area contributed by atoms with E-state index in [0.29, 0.717) is 0 Å². The Balaban J connectivity index is 2.04. The minimum Gasteiger partial charge on any atom is -0.494 e. The third-order valence-corrected chi connectivity index (χ3v) is 3.34. The van der Waals surface area contributed by atoms with Crippen molar-refractivity contribution in [1.82, 2.24) is 0 Å². The van der Waals surface area contributed by atoms with E-state index in [4.69, 9.17) is 4.74 Å². The van der Waals surface area contributed by atoms with E-state index in [-0.39, 0.29) is 17.6 Å². The summed E-state index contributed by atoms with van der Waals surface area (Å²) in [6.07, 6.45) is 1.90. The van der Waals surface area contributed by atoms with Gasteiger partial charge in [-0.05, 0) is 30.5 Å². The summed E-state index contributed by atoms with van der Waals surface area (Å²) >= 11 is 0. The van der Waals surface area contributed by atoms with Crippen molar-refractivity contribution in [2.45, 2.75) is 25.8 Å². The number of ether oxygens (including phenoxy) is 1. The van der Waals surface area contributed by atoms with Gasteiger partial charge in [-0.2, -0.15) is 0 Å². The Morgan fingerprint density at radius 3 is 2.50 bits per heavy atom. The second kappa shape index (κ2) is 6.94. The molecule has 1 N–H and O–H groups in total. The third-order valence-electron chi connectivity index (χ3n) is 3.34. The first kappa shape index (κ1) is 14.4. The van der Waals surface area contributed by atoms with Gasteiger partial charge in [-0.3, -0.25) is 0 Å². The summed E-state index contributed by atoms with van der Waals surface area (Å²) in [6.45, 7) is 2.13. The lowest BCUT2D eigenvalue weighted by Crippen LogP contribution is -2.21. The summed E-state index contributed by atoms with van der Waals surface area (Å²) in [4.78, 5) is 0. The number of rotatable bonds is 6. The minimum atomic E-state index is -0.341. The maximum absolute atomic E-state index is 13.7. The van der Waals surface area contributed by atoms with Crippen LogP contribution >= 0.6 is 0 Å². The van der Waals surface area contributed by atoms with Crippen LogP contribution in [-0.2, 0) is 6.42 Å². The Kier molecular flexibility index (Phi) is 4.99. The summed E-state index contributed by atoms with van der Waals surface area (Å²) < 4.78 is 18.6. The van der Waals surface area contributed by atoms with Crippen LogP contribution in [0.2, 0.25) is 0 Å². The first-order chi connectivity index (χ1) is 9.72. The molecule has 0 radical (unpaired) electrons. The summed E-state index contributed by atoms with van der Waals surface area (Å²) in [5, 5.41) is 3.37. The number of nitrogens with one attached hydrogen (secondary N) is 1. The van der Waals surface area contributed by atoms with Gasteiger partial charge in [0.15, 0.2) is 11.6 Å². The number of hydrogen-bond acceptors (Lipinski definition) is 2. The van der Waals surface area contributed by atoms with Crippen LogP contribution in [0, 0.1) is 5.82 Å². The van der Waals surface area contributed by atoms with Gasteiger partial charge in [-0.15, -0.1) is 0 Å². The summed E-state index contributed by atoms with van der Waals surface area (Å²) in [7, 11) is 1.47. The van der Waals surface area contributed by atoms with E-state index in [0.717, 1.165) is 18.5 Å². The molecular formula is C17H20FNO. The zero-order valence-electron chi connectivity index (χ0n) is 11.9. The highest BCUT2D eigenvalue weighted by Crippen LogP contribution is 2.22. The molecule has 1 atom stereocenters. The number of methoxy groups -OCH3 is 1. The third kappa shape index (κ3) is 3.73. The Labute approximate surface area is 119 Å². The fraction of sp³-hybridized carbons (Fsp3) is 0.294. The molecule has 0 saturated heterocycles. The van der Waals surface area contributed by atoms with Crippen molar-refractivity contribution in [2.24, 2.45) is 0 Å². The van der Waals surface area contributed by atoms with E-state index < -0.39 is 0 Å². The van der Waals surface area contributed by atoms with Crippen LogP contribution in [0.4, 0.5) is 10.1 Å². The van der Waals surface area contributed by atoms with E-state index in [1.165, 1.54) is 18.7 Å². The summed E-state index contributed by atoms with van der Waals surface area (Å²) in [5.41, 5.74) is 2.06. The number of halogens is 1. The average Bonchev–Trinajstić information content (AvgIpc) is 2.48. The van der Waals surface area contributed by atoms with Crippen LogP contribution in [0.25, 0.3) is 0 Å². The molecule has 0 amide bonds. The molecule has 2 nitrogen and oxygen atoms in total. The second-order valence-corrected chi connectivity index (χ2v) is 4.79. The fourth-order valence-corrected chi connectivity index (χ4v) is 2.19. The van der Waals surface area contributed by atoms with Crippen LogP contribution in [0.5, 0.6) is 5.75 Å². The Bertz CT molecular complexity index is 542. The first-order valence-electron chi connectivity index (χ1n) is 6.87. The van der Waals surface area contributed by atoms with E-state index >= 15 is 0 Å². The lowest BCUT2D eigenvalue weighted by molar-refractivity contribution is 0.386. The van der Waals surface area contributed by atoms with Crippen LogP contribution in [0.1, 0.15) is 18.9 Å². The molecule has 1 unspecified atom stereocenters. The van der Waals surface area contributed by atoms with Crippen LogP contribution in [0.3, 0.4) is 0 Å². The van der Waals surface area contributed by atoms with Crippen LogP contribution < -0.4 is 10.1 Å². The van der Waals surface area contributed by atoms with Gasteiger partial charge >= 0.3 is 0 Å². The van der Waals surface area contributed by atoms with Gasteiger partial charge in [-0.25, -0.2) is 4.39 Å². The van der Waals surface area contributed by atoms with Crippen molar-refractivity contribution >= 4 is 5.69 Å². The maximum atomic E-state index is 13.7. The van der Waals surface area contributed by atoms with Gasteiger partial charge in [0.25, 0.3) is 0 Å². The SMILES string of the molecule is CCC(Cc1ccccc1)Nc1ccc(OC)c(F)c1. The molecule has 0 fully saturated rings. The molecule has 20 heavy (non-hydrogen) atoms. The zero-order valence-corrected chi connectivity index (χ0v) is 11.9. The molecule has 3 heteroatoms. The zero-order chi connectivity index (χ0) is 14.4. The second-order valence-electron chi connectivity index (χ2n) is 4.79. The van der Waals surface area contributed by atoms with E-state index in [9.17, 15) is 4.39 Å². The smallest absolute Gasteiger partial charge is 0.167 e. The normalized spacial score (nSPS) is 11.9. The van der Waals surface area contributed by atoms with Gasteiger partial charge < -0.3 is 10.1 Å². The van der Waals surface area contributed by atoms with Gasteiger partial charge in [0.05, 0.1) is 7.11 Å². The van der Waals surface area contributed by atoms with Crippen molar-refractivity contribution in [2.75, 3.05) is 12.4 Å². The Morgan fingerprint density at radius 1 is 1.15 bits per heavy atom. The molecule has 106 valence electrons. The quantitative estimate of drug-likeness (QED) is 0.848. The Hall–Kier alpha value is -2.03. The van der Waals surface area contributed by atoms with Crippen molar-refractivity contribution in [1.29, 1.82) is 0 Å². The first-order valence-corrected chi connectivity index (χ1v) is 6.87. The molecule has 2 aromatic rings. The predicted molar refractivity (Wildman–Crippen MR) is 80.8 cm³/mol. The van der Waals surface area contributed by atoms with Gasteiger partial charge in [0, 0.05) is 17.8 Å². The summed E-state index contributed by atoms with van der Waals surface area (Å²) in [5.74, 6) is -0.0706. The van der Waals surface area contributed by atoms with E-state index in [2.05, 4.69) is 24.4 Å². The molecule has 2 aromatic carbocycles. The molecule has 0 aliphatic carbocycles. The molecule has 0 heterocycles.